The Morgan fingerprint density at radius 1 is 1.11 bits per heavy atom. The number of hydrogen-bond donors (Lipinski definition) is 3. The average Bonchev–Trinajstić information content (AvgIpc) is 2.98. The van der Waals surface area contributed by atoms with E-state index >= 15 is 0 Å². The van der Waals surface area contributed by atoms with Crippen LogP contribution in [-0.2, 0) is 9.59 Å². The molecule has 6 nitrogen and oxygen atoms in total. The molecule has 0 radical (unpaired) electrons. The van der Waals surface area contributed by atoms with E-state index in [1.54, 1.807) is 6.08 Å². The van der Waals surface area contributed by atoms with E-state index in [0.717, 1.165) is 10.4 Å². The normalized spacial score (nSPS) is 18.9. The maximum Gasteiger partial charge on any atom is 0.307 e. The van der Waals surface area contributed by atoms with Gasteiger partial charge in [-0.2, -0.15) is 0 Å². The summed E-state index contributed by atoms with van der Waals surface area (Å²) in [7, 11) is 0. The zero-order chi connectivity index (χ0) is 19.6. The van der Waals surface area contributed by atoms with Crippen LogP contribution in [0, 0.1) is 18.8 Å². The summed E-state index contributed by atoms with van der Waals surface area (Å²) >= 11 is 1.27. The molecule has 1 aromatic heterocycles. The first-order valence-corrected chi connectivity index (χ1v) is 9.39. The zero-order valence-electron chi connectivity index (χ0n) is 14.8. The summed E-state index contributed by atoms with van der Waals surface area (Å²) in [4.78, 5) is 37.2. The molecule has 2 amide bonds. The predicted octanol–water partition coefficient (Wildman–Crippen LogP) is 3.43. The highest BCUT2D eigenvalue weighted by molar-refractivity contribution is 7.17. The van der Waals surface area contributed by atoms with Gasteiger partial charge in [0, 0.05) is 10.4 Å². The Hall–Kier alpha value is -2.93. The molecule has 2 atom stereocenters. The summed E-state index contributed by atoms with van der Waals surface area (Å²) in [5.41, 5.74) is 7.40. The first-order valence-electron chi connectivity index (χ1n) is 8.57. The second kappa shape index (κ2) is 7.75. The van der Waals surface area contributed by atoms with Crippen molar-refractivity contribution in [2.24, 2.45) is 17.6 Å². The van der Waals surface area contributed by atoms with Crippen LogP contribution in [0.3, 0.4) is 0 Å². The van der Waals surface area contributed by atoms with Crippen LogP contribution in [-0.4, -0.2) is 22.9 Å². The fourth-order valence-corrected chi connectivity index (χ4v) is 4.49. The lowest BCUT2D eigenvalue weighted by molar-refractivity contribution is -0.146. The minimum atomic E-state index is -0.998. The first kappa shape index (κ1) is 18.8. The molecule has 0 saturated heterocycles. The number of anilines is 1. The van der Waals surface area contributed by atoms with Gasteiger partial charge in [-0.15, -0.1) is 11.3 Å². The Morgan fingerprint density at radius 3 is 2.33 bits per heavy atom. The number of benzene rings is 1. The lowest BCUT2D eigenvalue weighted by Gasteiger charge is -2.24. The van der Waals surface area contributed by atoms with Crippen LogP contribution < -0.4 is 11.1 Å². The summed E-state index contributed by atoms with van der Waals surface area (Å²) in [5, 5.41) is 12.5. The smallest absolute Gasteiger partial charge is 0.307 e. The standard InChI is InChI=1S/C20H20N2O4S/c1-11-15(12-7-3-2-4-8-12)16(17(21)23)19(27-11)22-18(24)13-9-5-6-10-14(13)20(25)26/h2-8,13-14H,9-10H2,1H3,(H2,21,23)(H,22,24)(H,25,26). The van der Waals surface area contributed by atoms with Crippen LogP contribution in [0.15, 0.2) is 42.5 Å². The largest absolute Gasteiger partial charge is 0.481 e. The number of allylic oxidation sites excluding steroid dienone is 2. The summed E-state index contributed by atoms with van der Waals surface area (Å²) in [5.74, 6) is -3.50. The molecule has 1 aliphatic rings. The number of rotatable bonds is 5. The molecule has 1 aromatic carbocycles. The number of aliphatic carboxylic acids is 1. The molecule has 2 unspecified atom stereocenters. The fraction of sp³-hybridized carbons (Fsp3) is 0.250. The third-order valence-electron chi connectivity index (χ3n) is 4.72. The van der Waals surface area contributed by atoms with E-state index in [2.05, 4.69) is 5.32 Å². The SMILES string of the molecule is Cc1sc(NC(=O)C2CC=CCC2C(=O)O)c(C(N)=O)c1-c1ccccc1. The number of nitrogens with one attached hydrogen (secondary N) is 1. The van der Waals surface area contributed by atoms with Crippen molar-refractivity contribution in [2.75, 3.05) is 5.32 Å². The highest BCUT2D eigenvalue weighted by Crippen LogP contribution is 2.40. The van der Waals surface area contributed by atoms with E-state index in [1.165, 1.54) is 11.3 Å². The quantitative estimate of drug-likeness (QED) is 0.686. The number of nitrogens with two attached hydrogens (primary N) is 1. The summed E-state index contributed by atoms with van der Waals surface area (Å²) in [6.45, 7) is 1.86. The van der Waals surface area contributed by atoms with Crippen LogP contribution in [0.1, 0.15) is 28.1 Å². The monoisotopic (exact) mass is 384 g/mol. The van der Waals surface area contributed by atoms with E-state index in [1.807, 2.05) is 43.3 Å². The van der Waals surface area contributed by atoms with Gasteiger partial charge in [-0.25, -0.2) is 0 Å². The van der Waals surface area contributed by atoms with Crippen LogP contribution in [0.2, 0.25) is 0 Å². The number of primary amides is 1. The van der Waals surface area contributed by atoms with Gasteiger partial charge >= 0.3 is 5.97 Å². The number of carboxylic acid groups (broad SMARTS) is 1. The maximum absolute atomic E-state index is 12.8. The van der Waals surface area contributed by atoms with Gasteiger partial charge in [-0.1, -0.05) is 42.5 Å². The van der Waals surface area contributed by atoms with Crippen LogP contribution in [0.4, 0.5) is 5.00 Å². The molecular formula is C20H20N2O4S. The first-order chi connectivity index (χ1) is 12.9. The molecule has 27 heavy (non-hydrogen) atoms. The minimum Gasteiger partial charge on any atom is -0.481 e. The summed E-state index contributed by atoms with van der Waals surface area (Å²) in [6.07, 6.45) is 4.26. The maximum atomic E-state index is 12.8. The van der Waals surface area contributed by atoms with E-state index in [4.69, 9.17) is 5.73 Å². The Labute approximate surface area is 160 Å². The molecule has 0 spiro atoms. The fourth-order valence-electron chi connectivity index (χ4n) is 3.40. The van der Waals surface area contributed by atoms with Crippen molar-refractivity contribution in [1.82, 2.24) is 0 Å². The topological polar surface area (TPSA) is 109 Å². The second-order valence-corrected chi connectivity index (χ2v) is 7.68. The molecular weight excluding hydrogens is 364 g/mol. The lowest BCUT2D eigenvalue weighted by Crippen LogP contribution is -2.35. The van der Waals surface area contributed by atoms with Crippen LogP contribution >= 0.6 is 11.3 Å². The van der Waals surface area contributed by atoms with Gasteiger partial charge in [0.15, 0.2) is 0 Å². The van der Waals surface area contributed by atoms with Crippen LogP contribution in [0.5, 0.6) is 0 Å². The number of carbonyl (C=O) groups excluding carboxylic acids is 2. The third-order valence-corrected chi connectivity index (χ3v) is 5.74. The number of aryl methyl sites for hydroxylation is 1. The highest BCUT2D eigenvalue weighted by Gasteiger charge is 2.35. The molecule has 0 saturated carbocycles. The molecule has 0 fully saturated rings. The zero-order valence-corrected chi connectivity index (χ0v) is 15.6. The molecule has 0 aliphatic heterocycles. The van der Waals surface area contributed by atoms with Crippen molar-refractivity contribution in [3.63, 3.8) is 0 Å². The van der Waals surface area contributed by atoms with Crippen molar-refractivity contribution >= 4 is 34.1 Å². The number of hydrogen-bond acceptors (Lipinski definition) is 4. The molecule has 0 bridgehead atoms. The second-order valence-electron chi connectivity index (χ2n) is 6.45. The Morgan fingerprint density at radius 2 is 1.74 bits per heavy atom. The number of thiophene rings is 1. The number of carbonyl (C=O) groups is 3. The Kier molecular flexibility index (Phi) is 5.41. The van der Waals surface area contributed by atoms with Gasteiger partial charge in [-0.05, 0) is 25.3 Å². The highest BCUT2D eigenvalue weighted by atomic mass is 32.1. The van der Waals surface area contributed by atoms with Crippen molar-refractivity contribution in [3.8, 4) is 11.1 Å². The third kappa shape index (κ3) is 3.78. The van der Waals surface area contributed by atoms with Crippen molar-refractivity contribution < 1.29 is 19.5 Å². The van der Waals surface area contributed by atoms with E-state index in [-0.39, 0.29) is 5.56 Å². The average molecular weight is 384 g/mol. The van der Waals surface area contributed by atoms with E-state index in [0.29, 0.717) is 23.4 Å². The van der Waals surface area contributed by atoms with Gasteiger partial charge in [0.25, 0.3) is 5.91 Å². The Balaban J connectivity index is 1.96. The van der Waals surface area contributed by atoms with Gasteiger partial charge in [0.05, 0.1) is 17.4 Å². The number of carboxylic acids is 1. The van der Waals surface area contributed by atoms with Crippen molar-refractivity contribution in [3.05, 3.63) is 52.9 Å². The summed E-state index contributed by atoms with van der Waals surface area (Å²) in [6, 6.07) is 9.35. The number of amides is 2. The molecule has 4 N–H and O–H groups in total. The van der Waals surface area contributed by atoms with Gasteiger partial charge in [0.1, 0.15) is 5.00 Å². The lowest BCUT2D eigenvalue weighted by atomic mass is 9.82. The molecule has 3 rings (SSSR count). The van der Waals surface area contributed by atoms with Gasteiger partial charge in [0.2, 0.25) is 5.91 Å². The molecule has 1 aliphatic carbocycles. The van der Waals surface area contributed by atoms with Crippen molar-refractivity contribution in [2.45, 2.75) is 19.8 Å². The Bertz CT molecular complexity index is 918. The van der Waals surface area contributed by atoms with E-state index in [9.17, 15) is 19.5 Å². The van der Waals surface area contributed by atoms with Gasteiger partial charge < -0.3 is 16.2 Å². The molecule has 2 aromatic rings. The van der Waals surface area contributed by atoms with E-state index < -0.39 is 29.6 Å². The molecule has 7 heteroatoms. The molecule has 140 valence electrons. The predicted molar refractivity (Wildman–Crippen MR) is 105 cm³/mol. The molecule has 1 heterocycles. The minimum absolute atomic E-state index is 0.260. The summed E-state index contributed by atoms with van der Waals surface area (Å²) < 4.78 is 0. The van der Waals surface area contributed by atoms with Crippen LogP contribution in [0.25, 0.3) is 11.1 Å². The van der Waals surface area contributed by atoms with Gasteiger partial charge in [-0.3, -0.25) is 14.4 Å². The van der Waals surface area contributed by atoms with Crippen molar-refractivity contribution in [1.29, 1.82) is 0 Å².